The molecule has 23 heavy (non-hydrogen) atoms. The van der Waals surface area contributed by atoms with Crippen LogP contribution >= 0.6 is 11.8 Å². The molecule has 3 rings (SSSR count). The van der Waals surface area contributed by atoms with Crippen LogP contribution in [-0.2, 0) is 4.79 Å². The van der Waals surface area contributed by atoms with Gasteiger partial charge in [-0.3, -0.25) is 4.79 Å². The zero-order valence-electron chi connectivity index (χ0n) is 12.8. The lowest BCUT2D eigenvalue weighted by molar-refractivity contribution is -0.128. The second-order valence-electron chi connectivity index (χ2n) is 5.58. The summed E-state index contributed by atoms with van der Waals surface area (Å²) in [6.07, 6.45) is 6.19. The van der Waals surface area contributed by atoms with Gasteiger partial charge in [0.1, 0.15) is 5.82 Å². The molecule has 1 aromatic heterocycles. The lowest BCUT2D eigenvalue weighted by Gasteiger charge is -2.19. The third-order valence-electron chi connectivity index (χ3n) is 3.89. The number of halogens is 1. The van der Waals surface area contributed by atoms with E-state index in [1.807, 2.05) is 4.90 Å². The Morgan fingerprint density at radius 3 is 2.57 bits per heavy atom. The Hall–Kier alpha value is -1.82. The minimum Gasteiger partial charge on any atom is -0.431 e. The largest absolute Gasteiger partial charge is 0.431 e. The summed E-state index contributed by atoms with van der Waals surface area (Å²) in [5, 5.41) is 0.465. The van der Waals surface area contributed by atoms with Gasteiger partial charge in [-0.25, -0.2) is 9.37 Å². The molecular formula is C17H19FN2O2S. The Kier molecular flexibility index (Phi) is 5.33. The van der Waals surface area contributed by atoms with Gasteiger partial charge in [-0.15, -0.1) is 0 Å². The molecule has 0 aliphatic carbocycles. The van der Waals surface area contributed by atoms with Gasteiger partial charge in [-0.1, -0.05) is 24.6 Å². The number of carbonyl (C=O) groups excluding carboxylic acids is 1. The molecule has 0 N–H and O–H groups in total. The molecule has 2 heterocycles. The molecule has 6 heteroatoms. The predicted octanol–water partition coefficient (Wildman–Crippen LogP) is 3.98. The highest BCUT2D eigenvalue weighted by molar-refractivity contribution is 7.99. The molecule has 1 saturated heterocycles. The van der Waals surface area contributed by atoms with Crippen LogP contribution in [0.25, 0.3) is 11.3 Å². The minimum atomic E-state index is -0.286. The van der Waals surface area contributed by atoms with Gasteiger partial charge in [0, 0.05) is 18.7 Å². The van der Waals surface area contributed by atoms with Crippen LogP contribution in [0.15, 0.2) is 40.1 Å². The predicted molar refractivity (Wildman–Crippen MR) is 87.7 cm³/mol. The quantitative estimate of drug-likeness (QED) is 0.794. The van der Waals surface area contributed by atoms with Crippen molar-refractivity contribution in [1.82, 2.24) is 9.88 Å². The minimum absolute atomic E-state index is 0.137. The summed E-state index contributed by atoms with van der Waals surface area (Å²) in [4.78, 5) is 18.3. The van der Waals surface area contributed by atoms with E-state index in [9.17, 15) is 9.18 Å². The summed E-state index contributed by atoms with van der Waals surface area (Å²) in [5.41, 5.74) is 0.768. The molecule has 4 nitrogen and oxygen atoms in total. The second-order valence-corrected chi connectivity index (χ2v) is 6.51. The molecule has 2 aromatic rings. The summed E-state index contributed by atoms with van der Waals surface area (Å²) in [6, 6.07) is 6.06. The Balaban J connectivity index is 1.56. The lowest BCUT2D eigenvalue weighted by atomic mass is 10.2. The van der Waals surface area contributed by atoms with Crippen LogP contribution in [0.2, 0.25) is 0 Å². The highest BCUT2D eigenvalue weighted by Gasteiger charge is 2.17. The number of nitrogens with zero attached hydrogens (tertiary/aromatic N) is 2. The van der Waals surface area contributed by atoms with E-state index in [-0.39, 0.29) is 11.7 Å². The SMILES string of the molecule is O=C(CSc1ncc(-c2ccc(F)cc2)o1)N1CCCCCC1. The van der Waals surface area contributed by atoms with Crippen molar-refractivity contribution in [2.75, 3.05) is 18.8 Å². The summed E-state index contributed by atoms with van der Waals surface area (Å²) in [5.74, 6) is 0.766. The highest BCUT2D eigenvalue weighted by Crippen LogP contribution is 2.26. The van der Waals surface area contributed by atoms with Crippen LogP contribution in [0.5, 0.6) is 0 Å². The zero-order chi connectivity index (χ0) is 16.1. The number of aromatic nitrogens is 1. The van der Waals surface area contributed by atoms with E-state index in [2.05, 4.69) is 4.98 Å². The van der Waals surface area contributed by atoms with Gasteiger partial charge in [0.2, 0.25) is 5.91 Å². The monoisotopic (exact) mass is 334 g/mol. The van der Waals surface area contributed by atoms with Crippen LogP contribution in [0.1, 0.15) is 25.7 Å². The van der Waals surface area contributed by atoms with Gasteiger partial charge in [0.15, 0.2) is 5.76 Å². The van der Waals surface area contributed by atoms with Crippen molar-refractivity contribution >= 4 is 17.7 Å². The number of rotatable bonds is 4. The van der Waals surface area contributed by atoms with Gasteiger partial charge in [-0.05, 0) is 37.1 Å². The molecule has 1 aliphatic rings. The summed E-state index contributed by atoms with van der Waals surface area (Å²) >= 11 is 1.30. The molecule has 0 atom stereocenters. The summed E-state index contributed by atoms with van der Waals surface area (Å²) in [7, 11) is 0. The van der Waals surface area contributed by atoms with Crippen LogP contribution in [0.3, 0.4) is 0 Å². The summed E-state index contributed by atoms with van der Waals surface area (Å²) < 4.78 is 18.6. The van der Waals surface area contributed by atoms with E-state index in [1.54, 1.807) is 18.3 Å². The van der Waals surface area contributed by atoms with E-state index >= 15 is 0 Å². The normalized spacial score (nSPS) is 15.4. The first kappa shape index (κ1) is 16.1. The van der Waals surface area contributed by atoms with Crippen molar-refractivity contribution in [1.29, 1.82) is 0 Å². The van der Waals surface area contributed by atoms with E-state index in [0.29, 0.717) is 16.7 Å². The van der Waals surface area contributed by atoms with E-state index in [1.165, 1.54) is 36.7 Å². The molecule has 0 spiro atoms. The standard InChI is InChI=1S/C17H19FN2O2S/c18-14-7-5-13(6-8-14)15-11-19-17(22-15)23-12-16(21)20-9-3-1-2-4-10-20/h5-8,11H,1-4,9-10,12H2. The first-order chi connectivity index (χ1) is 11.2. The van der Waals surface area contributed by atoms with Crippen molar-refractivity contribution in [2.45, 2.75) is 30.9 Å². The van der Waals surface area contributed by atoms with Crippen molar-refractivity contribution in [3.63, 3.8) is 0 Å². The Bertz CT molecular complexity index is 649. The van der Waals surface area contributed by atoms with Crippen LogP contribution in [-0.4, -0.2) is 34.6 Å². The van der Waals surface area contributed by atoms with Gasteiger partial charge in [-0.2, -0.15) is 0 Å². The van der Waals surface area contributed by atoms with Crippen LogP contribution in [0, 0.1) is 5.82 Å². The number of amides is 1. The number of benzene rings is 1. The average Bonchev–Trinajstić information content (AvgIpc) is 2.86. The molecule has 1 amide bonds. The molecule has 0 bridgehead atoms. The molecule has 0 radical (unpaired) electrons. The van der Waals surface area contributed by atoms with Crippen molar-refractivity contribution in [3.8, 4) is 11.3 Å². The topological polar surface area (TPSA) is 46.3 Å². The van der Waals surface area contributed by atoms with Crippen LogP contribution < -0.4 is 0 Å². The molecule has 0 saturated carbocycles. The number of thioether (sulfide) groups is 1. The number of hydrogen-bond acceptors (Lipinski definition) is 4. The maximum absolute atomic E-state index is 12.9. The van der Waals surface area contributed by atoms with E-state index in [0.717, 1.165) is 31.5 Å². The fourth-order valence-electron chi connectivity index (χ4n) is 2.61. The number of likely N-dealkylation sites (tertiary alicyclic amines) is 1. The Morgan fingerprint density at radius 2 is 1.87 bits per heavy atom. The molecule has 1 aliphatic heterocycles. The lowest BCUT2D eigenvalue weighted by Crippen LogP contribution is -2.33. The first-order valence-corrected chi connectivity index (χ1v) is 8.83. The number of hydrogen-bond donors (Lipinski definition) is 0. The van der Waals surface area contributed by atoms with Gasteiger partial charge in [0.25, 0.3) is 5.22 Å². The molecule has 122 valence electrons. The fourth-order valence-corrected chi connectivity index (χ4v) is 3.31. The third kappa shape index (κ3) is 4.34. The third-order valence-corrected chi connectivity index (χ3v) is 4.72. The van der Waals surface area contributed by atoms with Gasteiger partial charge < -0.3 is 9.32 Å². The highest BCUT2D eigenvalue weighted by atomic mass is 32.2. The molecular weight excluding hydrogens is 315 g/mol. The smallest absolute Gasteiger partial charge is 0.256 e. The van der Waals surface area contributed by atoms with Crippen molar-refractivity contribution in [3.05, 3.63) is 36.3 Å². The zero-order valence-corrected chi connectivity index (χ0v) is 13.7. The molecule has 1 fully saturated rings. The van der Waals surface area contributed by atoms with Crippen molar-refractivity contribution < 1.29 is 13.6 Å². The maximum atomic E-state index is 12.9. The number of carbonyl (C=O) groups is 1. The van der Waals surface area contributed by atoms with E-state index in [4.69, 9.17) is 4.42 Å². The average molecular weight is 334 g/mol. The fraction of sp³-hybridized carbons (Fsp3) is 0.412. The second kappa shape index (κ2) is 7.64. The Morgan fingerprint density at radius 1 is 1.17 bits per heavy atom. The van der Waals surface area contributed by atoms with Gasteiger partial charge in [0.05, 0.1) is 11.9 Å². The number of oxazole rings is 1. The first-order valence-electron chi connectivity index (χ1n) is 7.85. The summed E-state index contributed by atoms with van der Waals surface area (Å²) in [6.45, 7) is 1.71. The van der Waals surface area contributed by atoms with Crippen LogP contribution in [0.4, 0.5) is 4.39 Å². The van der Waals surface area contributed by atoms with Gasteiger partial charge >= 0.3 is 0 Å². The van der Waals surface area contributed by atoms with Crippen molar-refractivity contribution in [2.24, 2.45) is 0 Å². The molecule has 1 aromatic carbocycles. The Labute approximate surface area is 139 Å². The maximum Gasteiger partial charge on any atom is 0.256 e. The molecule has 0 unspecified atom stereocenters. The van der Waals surface area contributed by atoms with E-state index < -0.39 is 0 Å².